The Balaban J connectivity index is 0.00000225. The molecular weight excluding hydrogens is 334 g/mol. The normalized spacial score (nSPS) is 18.4. The standard InChI is InChI=1S/C20H25N3O.ClH/c1-15(22-20(24)17-7-9-19(21)10-8-17)18-11-12-23(14-18)13-16-5-3-2-4-6-16;/h2-10,15,18H,11-14,21H2,1H3,(H,22,24);1H. The third kappa shape index (κ3) is 5.21. The number of benzene rings is 2. The molecule has 3 rings (SSSR count). The summed E-state index contributed by atoms with van der Waals surface area (Å²) < 4.78 is 0. The fraction of sp³-hybridized carbons (Fsp3) is 0.350. The molecule has 1 saturated heterocycles. The van der Waals surface area contributed by atoms with E-state index in [4.69, 9.17) is 5.73 Å². The smallest absolute Gasteiger partial charge is 0.251 e. The quantitative estimate of drug-likeness (QED) is 0.805. The molecule has 2 aromatic rings. The van der Waals surface area contributed by atoms with Gasteiger partial charge in [0.25, 0.3) is 5.91 Å². The van der Waals surface area contributed by atoms with Gasteiger partial charge in [0.1, 0.15) is 0 Å². The molecule has 2 unspecified atom stereocenters. The van der Waals surface area contributed by atoms with Gasteiger partial charge in [-0.15, -0.1) is 12.4 Å². The lowest BCUT2D eigenvalue weighted by molar-refractivity contribution is 0.0927. The molecular formula is C20H26ClN3O. The lowest BCUT2D eigenvalue weighted by Crippen LogP contribution is -2.39. The Bertz CT molecular complexity index is 675. The Labute approximate surface area is 155 Å². The molecule has 3 N–H and O–H groups in total. The number of nitrogens with two attached hydrogens (primary N) is 1. The summed E-state index contributed by atoms with van der Waals surface area (Å²) >= 11 is 0. The summed E-state index contributed by atoms with van der Waals surface area (Å²) in [6.07, 6.45) is 1.12. The summed E-state index contributed by atoms with van der Waals surface area (Å²) in [5.74, 6) is 0.468. The van der Waals surface area contributed by atoms with Crippen molar-refractivity contribution < 1.29 is 4.79 Å². The van der Waals surface area contributed by atoms with Crippen LogP contribution in [0.5, 0.6) is 0 Å². The molecule has 5 heteroatoms. The van der Waals surface area contributed by atoms with Crippen molar-refractivity contribution in [2.24, 2.45) is 5.92 Å². The van der Waals surface area contributed by atoms with E-state index in [0.717, 1.165) is 26.1 Å². The number of rotatable bonds is 5. The maximum Gasteiger partial charge on any atom is 0.251 e. The van der Waals surface area contributed by atoms with Crippen LogP contribution in [0.3, 0.4) is 0 Å². The summed E-state index contributed by atoms with van der Waals surface area (Å²) in [5, 5.41) is 3.14. The van der Waals surface area contributed by atoms with Crippen LogP contribution in [0.4, 0.5) is 5.69 Å². The van der Waals surface area contributed by atoms with Crippen LogP contribution >= 0.6 is 12.4 Å². The third-order valence-corrected chi connectivity index (χ3v) is 4.80. The molecule has 1 fully saturated rings. The van der Waals surface area contributed by atoms with Gasteiger partial charge in [-0.2, -0.15) is 0 Å². The van der Waals surface area contributed by atoms with Crippen molar-refractivity contribution in [3.8, 4) is 0 Å². The molecule has 1 aliphatic heterocycles. The average molecular weight is 360 g/mol. The summed E-state index contributed by atoms with van der Waals surface area (Å²) in [4.78, 5) is 14.8. The summed E-state index contributed by atoms with van der Waals surface area (Å²) in [7, 11) is 0. The molecule has 2 atom stereocenters. The van der Waals surface area contributed by atoms with Gasteiger partial charge < -0.3 is 11.1 Å². The summed E-state index contributed by atoms with van der Waals surface area (Å²) in [5.41, 5.74) is 8.35. The largest absolute Gasteiger partial charge is 0.399 e. The molecule has 1 aliphatic rings. The van der Waals surface area contributed by atoms with Crippen molar-refractivity contribution in [3.05, 3.63) is 65.7 Å². The molecule has 4 nitrogen and oxygen atoms in total. The maximum absolute atomic E-state index is 12.3. The van der Waals surface area contributed by atoms with Gasteiger partial charge in [-0.25, -0.2) is 0 Å². The lowest BCUT2D eigenvalue weighted by atomic mass is 10.00. The molecule has 0 bridgehead atoms. The number of hydrogen-bond donors (Lipinski definition) is 2. The SMILES string of the molecule is CC(NC(=O)c1ccc(N)cc1)C1CCN(Cc2ccccc2)C1.Cl. The van der Waals surface area contributed by atoms with Crippen molar-refractivity contribution in [2.45, 2.75) is 25.9 Å². The van der Waals surface area contributed by atoms with Crippen molar-refractivity contribution in [1.82, 2.24) is 10.2 Å². The number of nitrogen functional groups attached to an aromatic ring is 1. The minimum absolute atomic E-state index is 0. The van der Waals surface area contributed by atoms with Gasteiger partial charge in [-0.05, 0) is 55.6 Å². The first-order chi connectivity index (χ1) is 11.6. The van der Waals surface area contributed by atoms with Crippen molar-refractivity contribution >= 4 is 24.0 Å². The van der Waals surface area contributed by atoms with Gasteiger partial charge in [0.05, 0.1) is 0 Å². The molecule has 0 spiro atoms. The summed E-state index contributed by atoms with van der Waals surface area (Å²) in [6, 6.07) is 17.8. The number of halogens is 1. The Kier molecular flexibility index (Phi) is 6.85. The molecule has 0 radical (unpaired) electrons. The van der Waals surface area contributed by atoms with E-state index in [1.807, 2.05) is 6.07 Å². The molecule has 1 amide bonds. The minimum atomic E-state index is -0.0241. The second-order valence-electron chi connectivity index (χ2n) is 6.65. The number of nitrogens with zero attached hydrogens (tertiary/aromatic N) is 1. The van der Waals surface area contributed by atoms with Gasteiger partial charge in [-0.3, -0.25) is 9.69 Å². The zero-order valence-electron chi connectivity index (χ0n) is 14.5. The highest BCUT2D eigenvalue weighted by atomic mass is 35.5. The van der Waals surface area contributed by atoms with E-state index in [9.17, 15) is 4.79 Å². The molecule has 0 aromatic heterocycles. The first-order valence-corrected chi connectivity index (χ1v) is 8.54. The van der Waals surface area contributed by atoms with Gasteiger partial charge in [0.15, 0.2) is 0 Å². The lowest BCUT2D eigenvalue weighted by Gasteiger charge is -2.22. The van der Waals surface area contributed by atoms with Crippen molar-refractivity contribution in [1.29, 1.82) is 0 Å². The molecule has 1 heterocycles. The molecule has 0 aliphatic carbocycles. The van der Waals surface area contributed by atoms with Gasteiger partial charge in [0, 0.05) is 30.4 Å². The first kappa shape index (κ1) is 19.3. The van der Waals surface area contributed by atoms with E-state index >= 15 is 0 Å². The highest BCUT2D eigenvalue weighted by Gasteiger charge is 2.28. The van der Waals surface area contributed by atoms with E-state index in [0.29, 0.717) is 17.2 Å². The van der Waals surface area contributed by atoms with Crippen LogP contribution < -0.4 is 11.1 Å². The minimum Gasteiger partial charge on any atom is -0.399 e. The predicted molar refractivity (Wildman–Crippen MR) is 105 cm³/mol. The van der Waals surface area contributed by atoms with E-state index in [1.165, 1.54) is 5.56 Å². The van der Waals surface area contributed by atoms with E-state index < -0.39 is 0 Å². The van der Waals surface area contributed by atoms with Gasteiger partial charge in [-0.1, -0.05) is 30.3 Å². The van der Waals surface area contributed by atoms with Gasteiger partial charge in [0.2, 0.25) is 0 Å². The Morgan fingerprint density at radius 3 is 2.56 bits per heavy atom. The van der Waals surface area contributed by atoms with Crippen LogP contribution in [-0.4, -0.2) is 29.9 Å². The number of carbonyl (C=O) groups is 1. The Morgan fingerprint density at radius 1 is 1.20 bits per heavy atom. The fourth-order valence-corrected chi connectivity index (χ4v) is 3.30. The number of nitrogens with one attached hydrogen (secondary N) is 1. The zero-order valence-corrected chi connectivity index (χ0v) is 15.3. The summed E-state index contributed by atoms with van der Waals surface area (Å²) in [6.45, 7) is 5.20. The van der Waals surface area contributed by atoms with E-state index in [-0.39, 0.29) is 24.4 Å². The van der Waals surface area contributed by atoms with Crippen LogP contribution in [0.25, 0.3) is 0 Å². The molecule has 0 saturated carbocycles. The van der Waals surface area contributed by atoms with Gasteiger partial charge >= 0.3 is 0 Å². The van der Waals surface area contributed by atoms with E-state index in [2.05, 4.69) is 41.4 Å². The van der Waals surface area contributed by atoms with E-state index in [1.54, 1.807) is 24.3 Å². The topological polar surface area (TPSA) is 58.4 Å². The van der Waals surface area contributed by atoms with Crippen LogP contribution in [0.2, 0.25) is 0 Å². The van der Waals surface area contributed by atoms with Crippen LogP contribution in [0, 0.1) is 5.92 Å². The zero-order chi connectivity index (χ0) is 16.9. The molecule has 25 heavy (non-hydrogen) atoms. The highest BCUT2D eigenvalue weighted by molar-refractivity contribution is 5.94. The first-order valence-electron chi connectivity index (χ1n) is 8.54. The second kappa shape index (κ2) is 8.88. The average Bonchev–Trinajstić information content (AvgIpc) is 3.05. The fourth-order valence-electron chi connectivity index (χ4n) is 3.30. The van der Waals surface area contributed by atoms with Crippen molar-refractivity contribution in [2.75, 3.05) is 18.8 Å². The Morgan fingerprint density at radius 2 is 1.88 bits per heavy atom. The molecule has 2 aromatic carbocycles. The van der Waals surface area contributed by atoms with Crippen molar-refractivity contribution in [3.63, 3.8) is 0 Å². The monoisotopic (exact) mass is 359 g/mol. The number of hydrogen-bond acceptors (Lipinski definition) is 3. The van der Waals surface area contributed by atoms with Crippen LogP contribution in [0.15, 0.2) is 54.6 Å². The number of anilines is 1. The second-order valence-corrected chi connectivity index (χ2v) is 6.65. The highest BCUT2D eigenvalue weighted by Crippen LogP contribution is 2.22. The third-order valence-electron chi connectivity index (χ3n) is 4.80. The number of likely N-dealkylation sites (tertiary alicyclic amines) is 1. The van der Waals surface area contributed by atoms with Crippen LogP contribution in [0.1, 0.15) is 29.3 Å². The molecule has 134 valence electrons. The number of carbonyl (C=O) groups excluding carboxylic acids is 1. The Hall–Kier alpha value is -2.04. The number of amides is 1. The predicted octanol–water partition coefficient (Wildman–Crippen LogP) is 3.33. The maximum atomic E-state index is 12.3. The van der Waals surface area contributed by atoms with Crippen LogP contribution in [-0.2, 0) is 6.54 Å².